The lowest BCUT2D eigenvalue weighted by Gasteiger charge is -2.14. The quantitative estimate of drug-likeness (QED) is 0.591. The van der Waals surface area contributed by atoms with Crippen molar-refractivity contribution in [3.63, 3.8) is 0 Å². The van der Waals surface area contributed by atoms with Crippen LogP contribution in [0.4, 0.5) is 0 Å². The normalized spacial score (nSPS) is 12.0. The van der Waals surface area contributed by atoms with Crippen molar-refractivity contribution in [2.24, 2.45) is 0 Å². The summed E-state index contributed by atoms with van der Waals surface area (Å²) in [6, 6.07) is 0. The first-order chi connectivity index (χ1) is 8.00. The molecule has 0 heterocycles. The second-order valence-electron chi connectivity index (χ2n) is 10.7. The molecule has 0 aromatic carbocycles. The summed E-state index contributed by atoms with van der Waals surface area (Å²) in [5.74, 6) is 0. The fraction of sp³-hybridized carbons (Fsp3) is 1.00. The van der Waals surface area contributed by atoms with Crippen LogP contribution in [0.15, 0.2) is 0 Å². The second-order valence-corrected chi connectivity index (χ2v) is 10.7. The van der Waals surface area contributed by atoms with Crippen LogP contribution < -0.4 is 0 Å². The summed E-state index contributed by atoms with van der Waals surface area (Å²) < 4.78 is 4.00. The lowest BCUT2D eigenvalue weighted by molar-refractivity contribution is -0.849. The molecule has 0 aromatic heterocycles. The van der Waals surface area contributed by atoms with Crippen molar-refractivity contribution >= 4 is 0 Å². The van der Waals surface area contributed by atoms with Gasteiger partial charge in [-0.15, -0.1) is 0 Å². The van der Waals surface area contributed by atoms with Crippen LogP contribution in [0.3, 0.4) is 0 Å². The third kappa shape index (κ3) is 198000. The number of hydrogen-bond acceptors (Lipinski definition) is 0. The van der Waals surface area contributed by atoms with Gasteiger partial charge in [-0.1, -0.05) is 0 Å². The van der Waals surface area contributed by atoms with Gasteiger partial charge in [-0.3, -0.25) is 0 Å². The Bertz CT molecular complexity index is 124. The van der Waals surface area contributed by atoms with Crippen LogP contribution in [0.2, 0.25) is 0 Å². The predicted molar refractivity (Wildman–Crippen MR) is 95.8 cm³/mol. The molecule has 0 bridgehead atoms. The van der Waals surface area contributed by atoms with Gasteiger partial charge in [-0.25, -0.2) is 0 Å². The maximum absolute atomic E-state index is 2.12. The first kappa shape index (κ1) is 28.1. The standard InChI is InChI=1S/4C4H12N/c4*1-5(2,3)4/h4*1-4H3/q4*+1. The van der Waals surface area contributed by atoms with Crippen LogP contribution in [0.25, 0.3) is 0 Å². The van der Waals surface area contributed by atoms with E-state index in [9.17, 15) is 0 Å². The van der Waals surface area contributed by atoms with Crippen LogP contribution in [0.1, 0.15) is 0 Å². The van der Waals surface area contributed by atoms with Crippen molar-refractivity contribution in [1.82, 2.24) is 0 Å². The monoisotopic (exact) mass is 296 g/mol. The van der Waals surface area contributed by atoms with E-state index in [2.05, 4.69) is 113 Å². The number of rotatable bonds is 0. The molecule has 0 saturated carbocycles. The van der Waals surface area contributed by atoms with Gasteiger partial charge >= 0.3 is 0 Å². The number of quaternary nitrogens is 4. The third-order valence-corrected chi connectivity index (χ3v) is 0. The van der Waals surface area contributed by atoms with Gasteiger partial charge in [0.2, 0.25) is 0 Å². The SMILES string of the molecule is C[N+](C)(C)C.C[N+](C)(C)C.C[N+](C)(C)C.C[N+](C)(C)C. The minimum atomic E-state index is 1.00. The Morgan fingerprint density at radius 2 is 0.200 bits per heavy atom. The van der Waals surface area contributed by atoms with E-state index in [1.54, 1.807) is 0 Å². The third-order valence-electron chi connectivity index (χ3n) is 0. The van der Waals surface area contributed by atoms with Crippen molar-refractivity contribution in [3.05, 3.63) is 0 Å². The van der Waals surface area contributed by atoms with Crippen LogP contribution in [0, 0.1) is 0 Å². The molecule has 4 nitrogen and oxygen atoms in total. The molecule has 0 amide bonds. The van der Waals surface area contributed by atoms with E-state index in [0.29, 0.717) is 0 Å². The van der Waals surface area contributed by atoms with Gasteiger partial charge in [0.1, 0.15) is 0 Å². The van der Waals surface area contributed by atoms with Crippen LogP contribution >= 0.6 is 0 Å². The Kier molecular flexibility index (Phi) is 14.8. The highest BCUT2D eigenvalue weighted by atomic mass is 15.3. The van der Waals surface area contributed by atoms with Crippen molar-refractivity contribution in [1.29, 1.82) is 0 Å². The summed E-state index contributed by atoms with van der Waals surface area (Å²) in [6.07, 6.45) is 0. The van der Waals surface area contributed by atoms with Gasteiger partial charge in [0, 0.05) is 0 Å². The first-order valence-electron chi connectivity index (χ1n) is 7.16. The summed E-state index contributed by atoms with van der Waals surface area (Å²) >= 11 is 0. The largest absolute Gasteiger partial charge is 0.333 e. The van der Waals surface area contributed by atoms with Crippen molar-refractivity contribution in [3.8, 4) is 0 Å². The van der Waals surface area contributed by atoms with Crippen LogP contribution in [0.5, 0.6) is 0 Å². The van der Waals surface area contributed by atoms with E-state index in [0.717, 1.165) is 17.9 Å². The van der Waals surface area contributed by atoms with Gasteiger partial charge in [0.25, 0.3) is 0 Å². The smallest absolute Gasteiger partial charge is 0.0675 e. The molecule has 0 atom stereocenters. The van der Waals surface area contributed by atoms with E-state index in [4.69, 9.17) is 0 Å². The molecule has 0 fully saturated rings. The van der Waals surface area contributed by atoms with Gasteiger partial charge in [0.05, 0.1) is 113 Å². The Morgan fingerprint density at radius 1 is 0.200 bits per heavy atom. The highest BCUT2D eigenvalue weighted by Crippen LogP contribution is 1.74. The maximum atomic E-state index is 2.12. The fourth-order valence-corrected chi connectivity index (χ4v) is 0. The lowest BCUT2D eigenvalue weighted by atomic mass is 10.8. The molecule has 0 saturated heterocycles. The zero-order chi connectivity index (χ0) is 18.0. The molecule has 0 rings (SSSR count). The Morgan fingerprint density at radius 3 is 0.200 bits per heavy atom. The first-order valence-corrected chi connectivity index (χ1v) is 7.16. The van der Waals surface area contributed by atoms with Gasteiger partial charge in [-0.2, -0.15) is 0 Å². The topological polar surface area (TPSA) is 0 Å². The van der Waals surface area contributed by atoms with Crippen molar-refractivity contribution in [2.75, 3.05) is 113 Å². The van der Waals surface area contributed by atoms with Gasteiger partial charge in [-0.05, 0) is 0 Å². The molecule has 0 aliphatic rings. The summed E-state index contributed by atoms with van der Waals surface area (Å²) in [4.78, 5) is 0. The van der Waals surface area contributed by atoms with Gasteiger partial charge in [0.15, 0.2) is 0 Å². The van der Waals surface area contributed by atoms with E-state index in [1.807, 2.05) is 0 Å². The summed E-state index contributed by atoms with van der Waals surface area (Å²) in [6.45, 7) is 0. The van der Waals surface area contributed by atoms with Crippen LogP contribution in [-0.2, 0) is 0 Å². The zero-order valence-corrected chi connectivity index (χ0v) is 17.8. The maximum Gasteiger partial charge on any atom is 0.0675 e. The molecular formula is C16H48N4+4. The lowest BCUT2D eigenvalue weighted by Crippen LogP contribution is -2.27. The van der Waals surface area contributed by atoms with Gasteiger partial charge < -0.3 is 17.9 Å². The highest BCUT2D eigenvalue weighted by molar-refractivity contribution is 3.88. The molecule has 4 heteroatoms. The summed E-state index contributed by atoms with van der Waals surface area (Å²) in [5.41, 5.74) is 0. The summed E-state index contributed by atoms with van der Waals surface area (Å²) in [7, 11) is 34.0. The molecule has 0 spiro atoms. The molecular weight excluding hydrogens is 248 g/mol. The number of nitrogens with zero attached hydrogens (tertiary/aromatic N) is 4. The average molecular weight is 297 g/mol. The van der Waals surface area contributed by atoms with E-state index < -0.39 is 0 Å². The second kappa shape index (κ2) is 10.6. The summed E-state index contributed by atoms with van der Waals surface area (Å²) in [5, 5.41) is 0. The average Bonchev–Trinajstić information content (AvgIpc) is 1.62. The Labute approximate surface area is 131 Å². The predicted octanol–water partition coefficient (Wildman–Crippen LogP) is 1.29. The molecule has 0 aliphatic carbocycles. The van der Waals surface area contributed by atoms with Crippen LogP contribution in [-0.4, -0.2) is 131 Å². The molecule has 0 aromatic rings. The molecule has 0 aliphatic heterocycles. The van der Waals surface area contributed by atoms with E-state index >= 15 is 0 Å². The minimum absolute atomic E-state index is 1.00. The van der Waals surface area contributed by atoms with Crippen molar-refractivity contribution < 1.29 is 17.9 Å². The molecule has 0 N–H and O–H groups in total. The van der Waals surface area contributed by atoms with E-state index in [-0.39, 0.29) is 0 Å². The zero-order valence-electron chi connectivity index (χ0n) is 17.8. The molecule has 20 heavy (non-hydrogen) atoms. The Balaban J connectivity index is -0.0000000853. The highest BCUT2D eigenvalue weighted by Gasteiger charge is 1.89. The van der Waals surface area contributed by atoms with Crippen molar-refractivity contribution in [2.45, 2.75) is 0 Å². The Hall–Kier alpha value is -0.160. The molecule has 0 radical (unpaired) electrons. The molecule has 0 unspecified atom stereocenters. The molecule has 128 valence electrons. The fourth-order valence-electron chi connectivity index (χ4n) is 0. The number of hydrogen-bond donors (Lipinski definition) is 0. The van der Waals surface area contributed by atoms with E-state index in [1.165, 1.54) is 0 Å². The minimum Gasteiger partial charge on any atom is -0.333 e.